The van der Waals surface area contributed by atoms with E-state index in [0.29, 0.717) is 32.0 Å². The smallest absolute Gasteiger partial charge is 0.332 e. The first kappa shape index (κ1) is 20.0. The van der Waals surface area contributed by atoms with Crippen molar-refractivity contribution in [3.63, 3.8) is 0 Å². The molecule has 1 N–H and O–H groups in total. The maximum Gasteiger partial charge on any atom is 0.332 e. The molecule has 0 bridgehead atoms. The molecule has 2 atom stereocenters. The van der Waals surface area contributed by atoms with Gasteiger partial charge in [-0.2, -0.15) is 0 Å². The monoisotopic (exact) mass is 446 g/mol. The number of carbonyl (C=O) groups is 1. The highest BCUT2D eigenvalue weighted by Gasteiger charge is 2.56. The highest BCUT2D eigenvalue weighted by atomic mass is 35.5. The molecule has 1 saturated heterocycles. The van der Waals surface area contributed by atoms with Gasteiger partial charge in [0.05, 0.1) is 6.04 Å². The zero-order valence-electron chi connectivity index (χ0n) is 15.4. The number of nitrogens with zero attached hydrogens (tertiary/aromatic N) is 2. The summed E-state index contributed by atoms with van der Waals surface area (Å²) in [7, 11) is 0. The molecule has 3 aromatic rings. The number of amides is 2. The maximum atomic E-state index is 13.6. The van der Waals surface area contributed by atoms with E-state index >= 15 is 0 Å². The Morgan fingerprint density at radius 1 is 0.828 bits per heavy atom. The lowest BCUT2D eigenvalue weighted by Gasteiger charge is -2.35. The van der Waals surface area contributed by atoms with E-state index in [4.69, 9.17) is 34.8 Å². The highest BCUT2D eigenvalue weighted by Crippen LogP contribution is 2.45. The van der Waals surface area contributed by atoms with Gasteiger partial charge in [0.1, 0.15) is 0 Å². The Labute approximate surface area is 183 Å². The number of urea groups is 1. The molecule has 1 aliphatic heterocycles. The van der Waals surface area contributed by atoms with Crippen molar-refractivity contribution >= 4 is 52.2 Å². The predicted molar refractivity (Wildman–Crippen MR) is 118 cm³/mol. The molecule has 1 aliphatic rings. The molecule has 7 heteroatoms. The van der Waals surface area contributed by atoms with Gasteiger partial charge in [-0.3, -0.25) is 9.80 Å². The second-order valence-corrected chi connectivity index (χ2v) is 8.16. The van der Waals surface area contributed by atoms with E-state index in [0.717, 1.165) is 0 Å². The first-order valence-corrected chi connectivity index (χ1v) is 10.1. The van der Waals surface area contributed by atoms with Gasteiger partial charge in [0.25, 0.3) is 0 Å². The van der Waals surface area contributed by atoms with Crippen molar-refractivity contribution in [2.24, 2.45) is 0 Å². The summed E-state index contributed by atoms with van der Waals surface area (Å²) in [5, 5.41) is 13.5. The second-order valence-electron chi connectivity index (χ2n) is 6.85. The molecular formula is C22H17Cl3N2O2. The molecule has 0 aromatic heterocycles. The second kappa shape index (κ2) is 7.54. The minimum atomic E-state index is -1.66. The van der Waals surface area contributed by atoms with E-state index in [2.05, 4.69) is 0 Å². The van der Waals surface area contributed by atoms with Gasteiger partial charge in [-0.15, -0.1) is 0 Å². The molecule has 4 rings (SSSR count). The molecule has 29 heavy (non-hydrogen) atoms. The molecule has 1 fully saturated rings. The van der Waals surface area contributed by atoms with Crippen molar-refractivity contribution in [3.05, 3.63) is 93.4 Å². The third-order valence-electron chi connectivity index (χ3n) is 5.15. The van der Waals surface area contributed by atoms with Crippen LogP contribution in [0.25, 0.3) is 0 Å². The number of hydrogen-bond donors (Lipinski definition) is 1. The zero-order chi connectivity index (χ0) is 20.8. The van der Waals surface area contributed by atoms with Gasteiger partial charge in [-0.1, -0.05) is 46.9 Å². The minimum Gasteiger partial charge on any atom is -0.365 e. The molecular weight excluding hydrogens is 431 g/mol. The van der Waals surface area contributed by atoms with Gasteiger partial charge in [0.2, 0.25) is 0 Å². The van der Waals surface area contributed by atoms with Crippen molar-refractivity contribution in [2.45, 2.75) is 18.7 Å². The number of halogens is 3. The van der Waals surface area contributed by atoms with Crippen LogP contribution in [0.1, 0.15) is 12.5 Å². The van der Waals surface area contributed by atoms with Gasteiger partial charge in [0.15, 0.2) is 5.72 Å². The quantitative estimate of drug-likeness (QED) is 0.510. The average Bonchev–Trinajstić information content (AvgIpc) is 2.90. The summed E-state index contributed by atoms with van der Waals surface area (Å²) in [6.07, 6.45) is 0. The summed E-state index contributed by atoms with van der Waals surface area (Å²) in [6.45, 7) is 1.79. The largest absolute Gasteiger partial charge is 0.365 e. The molecule has 0 aliphatic carbocycles. The molecule has 1 heterocycles. The van der Waals surface area contributed by atoms with E-state index in [1.807, 2.05) is 0 Å². The van der Waals surface area contributed by atoms with Crippen LogP contribution in [0.5, 0.6) is 0 Å². The van der Waals surface area contributed by atoms with E-state index in [1.165, 1.54) is 4.90 Å². The lowest BCUT2D eigenvalue weighted by Crippen LogP contribution is -2.48. The van der Waals surface area contributed by atoms with Crippen LogP contribution in [0.3, 0.4) is 0 Å². The molecule has 4 nitrogen and oxygen atoms in total. The van der Waals surface area contributed by atoms with Gasteiger partial charge < -0.3 is 5.11 Å². The number of hydrogen-bond acceptors (Lipinski definition) is 2. The molecule has 3 aromatic carbocycles. The summed E-state index contributed by atoms with van der Waals surface area (Å²) < 4.78 is 0. The third-order valence-corrected chi connectivity index (χ3v) is 5.89. The summed E-state index contributed by atoms with van der Waals surface area (Å²) >= 11 is 18.2. The molecule has 0 saturated carbocycles. The van der Waals surface area contributed by atoms with Gasteiger partial charge in [-0.05, 0) is 67.6 Å². The summed E-state index contributed by atoms with van der Waals surface area (Å²) in [5.74, 6) is 0. The molecule has 2 amide bonds. The van der Waals surface area contributed by atoms with E-state index in [-0.39, 0.29) is 6.03 Å². The van der Waals surface area contributed by atoms with Crippen LogP contribution in [0.15, 0.2) is 72.8 Å². The number of carbonyl (C=O) groups excluding carboxylic acids is 1. The molecule has 0 spiro atoms. The Morgan fingerprint density at radius 2 is 1.38 bits per heavy atom. The summed E-state index contributed by atoms with van der Waals surface area (Å²) in [5.41, 5.74) is 0.00129. The number of benzene rings is 3. The molecule has 0 radical (unpaired) electrons. The number of aliphatic hydroxyl groups is 1. The number of rotatable bonds is 3. The highest BCUT2D eigenvalue weighted by molar-refractivity contribution is 6.31. The van der Waals surface area contributed by atoms with E-state index in [9.17, 15) is 9.90 Å². The van der Waals surface area contributed by atoms with Crippen LogP contribution in [0.4, 0.5) is 16.2 Å². The standard InChI is InChI=1S/C22H17Cl3N2O2/c1-14-22(29,15-3-2-4-18(25)13-15)27(20-11-7-17(24)8-12-20)21(28)26(14)19-9-5-16(23)6-10-19/h2-14,29H,1H3. The SMILES string of the molecule is CC1N(c2ccc(Cl)cc2)C(=O)N(c2ccc(Cl)cc2)C1(O)c1cccc(Cl)c1. The van der Waals surface area contributed by atoms with E-state index < -0.39 is 11.8 Å². The summed E-state index contributed by atoms with van der Waals surface area (Å²) in [6, 6.07) is 19.6. The van der Waals surface area contributed by atoms with Crippen molar-refractivity contribution < 1.29 is 9.90 Å². The Morgan fingerprint density at radius 3 is 1.93 bits per heavy atom. The van der Waals surface area contributed by atoms with Crippen molar-refractivity contribution in [1.29, 1.82) is 0 Å². The fourth-order valence-electron chi connectivity index (χ4n) is 3.71. The van der Waals surface area contributed by atoms with Gasteiger partial charge in [-0.25, -0.2) is 4.79 Å². The first-order chi connectivity index (χ1) is 13.8. The minimum absolute atomic E-state index is 0.371. The van der Waals surface area contributed by atoms with Crippen molar-refractivity contribution in [2.75, 3.05) is 9.80 Å². The Kier molecular flexibility index (Phi) is 5.21. The predicted octanol–water partition coefficient (Wildman–Crippen LogP) is 6.33. The fraction of sp³-hybridized carbons (Fsp3) is 0.136. The molecule has 148 valence electrons. The van der Waals surface area contributed by atoms with Gasteiger partial charge in [0, 0.05) is 32.0 Å². The van der Waals surface area contributed by atoms with Crippen LogP contribution in [0, 0.1) is 0 Å². The van der Waals surface area contributed by atoms with Gasteiger partial charge >= 0.3 is 6.03 Å². The average molecular weight is 448 g/mol. The lowest BCUT2D eigenvalue weighted by molar-refractivity contribution is 0.0372. The summed E-state index contributed by atoms with van der Waals surface area (Å²) in [4.78, 5) is 16.5. The van der Waals surface area contributed by atoms with E-state index in [1.54, 1.807) is 84.6 Å². The third kappa shape index (κ3) is 3.36. The van der Waals surface area contributed by atoms with Crippen LogP contribution < -0.4 is 9.80 Å². The normalized spacial score (nSPS) is 21.7. The van der Waals surface area contributed by atoms with Crippen molar-refractivity contribution in [3.8, 4) is 0 Å². The fourth-order valence-corrected chi connectivity index (χ4v) is 4.15. The zero-order valence-corrected chi connectivity index (χ0v) is 17.7. The van der Waals surface area contributed by atoms with Crippen LogP contribution in [-0.2, 0) is 5.72 Å². The Balaban J connectivity index is 1.90. The maximum absolute atomic E-state index is 13.6. The van der Waals surface area contributed by atoms with Crippen molar-refractivity contribution in [1.82, 2.24) is 0 Å². The Hall–Kier alpha value is -2.24. The topological polar surface area (TPSA) is 43.8 Å². The Bertz CT molecular complexity index is 1060. The van der Waals surface area contributed by atoms with Crippen LogP contribution >= 0.6 is 34.8 Å². The van der Waals surface area contributed by atoms with Crippen LogP contribution in [0.2, 0.25) is 15.1 Å². The first-order valence-electron chi connectivity index (χ1n) is 8.95. The number of anilines is 2. The van der Waals surface area contributed by atoms with Crippen LogP contribution in [-0.4, -0.2) is 17.2 Å². The molecule has 2 unspecified atom stereocenters. The lowest BCUT2D eigenvalue weighted by atomic mass is 9.94.